The summed E-state index contributed by atoms with van der Waals surface area (Å²) in [6.45, 7) is 0.328. The average Bonchev–Trinajstić information content (AvgIpc) is 3.40. The first-order chi connectivity index (χ1) is 15.1. The highest BCUT2D eigenvalue weighted by molar-refractivity contribution is 8.01. The molecule has 1 aromatic heterocycles. The quantitative estimate of drug-likeness (QED) is 0.420. The number of carbonyl (C=O) groups excluding carboxylic acids is 3. The van der Waals surface area contributed by atoms with Crippen LogP contribution in [0.5, 0.6) is 0 Å². The number of hydrogen-bond donors (Lipinski definition) is 2. The first-order valence-corrected chi connectivity index (χ1v) is 11.4. The highest BCUT2D eigenvalue weighted by atomic mass is 32.2. The van der Waals surface area contributed by atoms with E-state index in [2.05, 4.69) is 20.8 Å². The SMILES string of the molecule is O=C(CSc1nnc(NC(=O)C2CC(=O)N(c3ccccc3)C2)s1)Nc1ccccc1. The van der Waals surface area contributed by atoms with E-state index in [4.69, 9.17) is 0 Å². The molecule has 8 nitrogen and oxygen atoms in total. The van der Waals surface area contributed by atoms with E-state index in [0.717, 1.165) is 11.4 Å². The number of aromatic nitrogens is 2. The summed E-state index contributed by atoms with van der Waals surface area (Å²) in [7, 11) is 0. The van der Waals surface area contributed by atoms with Gasteiger partial charge in [-0.15, -0.1) is 10.2 Å². The van der Waals surface area contributed by atoms with Gasteiger partial charge in [-0.1, -0.05) is 59.5 Å². The number of carbonyl (C=O) groups is 3. The molecule has 0 aliphatic carbocycles. The van der Waals surface area contributed by atoms with E-state index in [-0.39, 0.29) is 29.9 Å². The van der Waals surface area contributed by atoms with Crippen molar-refractivity contribution < 1.29 is 14.4 Å². The molecule has 1 aliphatic rings. The molecule has 2 N–H and O–H groups in total. The van der Waals surface area contributed by atoms with Crippen LogP contribution in [0.1, 0.15) is 6.42 Å². The van der Waals surface area contributed by atoms with Gasteiger partial charge in [-0.2, -0.15) is 0 Å². The summed E-state index contributed by atoms with van der Waals surface area (Å²) in [5, 5.41) is 13.9. The molecule has 1 aliphatic heterocycles. The smallest absolute Gasteiger partial charge is 0.234 e. The normalized spacial score (nSPS) is 15.7. The van der Waals surface area contributed by atoms with Crippen LogP contribution in [0.2, 0.25) is 0 Å². The number of rotatable bonds is 7. The van der Waals surface area contributed by atoms with E-state index in [1.807, 2.05) is 60.7 Å². The summed E-state index contributed by atoms with van der Waals surface area (Å²) in [4.78, 5) is 38.6. The maximum Gasteiger partial charge on any atom is 0.234 e. The standard InChI is InChI=1S/C21H19N5O3S2/c27-17(22-15-7-3-1-4-8-15)13-30-21-25-24-20(31-21)23-19(29)14-11-18(28)26(12-14)16-9-5-2-6-10-16/h1-10,14H,11-13H2,(H,22,27)(H,23,24,29). The minimum absolute atomic E-state index is 0.0794. The maximum absolute atomic E-state index is 12.6. The molecule has 31 heavy (non-hydrogen) atoms. The van der Waals surface area contributed by atoms with Crippen LogP contribution >= 0.6 is 23.1 Å². The van der Waals surface area contributed by atoms with E-state index >= 15 is 0 Å². The van der Waals surface area contributed by atoms with E-state index in [9.17, 15) is 14.4 Å². The molecular formula is C21H19N5O3S2. The lowest BCUT2D eigenvalue weighted by Crippen LogP contribution is -2.28. The van der Waals surface area contributed by atoms with Crippen molar-refractivity contribution in [3.8, 4) is 0 Å². The van der Waals surface area contributed by atoms with Crippen molar-refractivity contribution in [2.75, 3.05) is 27.8 Å². The monoisotopic (exact) mass is 453 g/mol. The fraction of sp³-hybridized carbons (Fsp3) is 0.190. The Bertz CT molecular complexity index is 1070. The molecule has 158 valence electrons. The Morgan fingerprint density at radius 1 is 1.03 bits per heavy atom. The van der Waals surface area contributed by atoms with Crippen molar-refractivity contribution in [2.24, 2.45) is 5.92 Å². The van der Waals surface area contributed by atoms with E-state index in [1.165, 1.54) is 23.1 Å². The summed E-state index contributed by atoms with van der Waals surface area (Å²) in [5.74, 6) is -0.766. The Labute approximate surface area is 187 Å². The second kappa shape index (κ2) is 9.71. The van der Waals surface area contributed by atoms with Gasteiger partial charge in [0.25, 0.3) is 0 Å². The minimum atomic E-state index is -0.454. The third kappa shape index (κ3) is 5.47. The summed E-state index contributed by atoms with van der Waals surface area (Å²) in [5.41, 5.74) is 1.51. The van der Waals surface area contributed by atoms with Crippen molar-refractivity contribution in [1.29, 1.82) is 0 Å². The number of hydrogen-bond acceptors (Lipinski definition) is 7. The van der Waals surface area contributed by atoms with E-state index < -0.39 is 5.92 Å². The van der Waals surface area contributed by atoms with Crippen LogP contribution in [-0.4, -0.2) is 40.2 Å². The van der Waals surface area contributed by atoms with Crippen LogP contribution in [0.15, 0.2) is 65.0 Å². The number of anilines is 3. The molecule has 1 atom stereocenters. The highest BCUT2D eigenvalue weighted by Crippen LogP contribution is 2.28. The van der Waals surface area contributed by atoms with E-state index in [1.54, 1.807) is 4.90 Å². The Morgan fingerprint density at radius 3 is 2.48 bits per heavy atom. The lowest BCUT2D eigenvalue weighted by molar-refractivity contribution is -0.122. The molecule has 0 spiro atoms. The predicted molar refractivity (Wildman–Crippen MR) is 121 cm³/mol. The third-order valence-corrected chi connectivity index (χ3v) is 6.56. The van der Waals surface area contributed by atoms with Gasteiger partial charge in [0, 0.05) is 24.3 Å². The molecule has 4 rings (SSSR count). The zero-order valence-corrected chi connectivity index (χ0v) is 18.0. The Balaban J connectivity index is 1.27. The largest absolute Gasteiger partial charge is 0.325 e. The van der Waals surface area contributed by atoms with Crippen LogP contribution in [-0.2, 0) is 14.4 Å². The fourth-order valence-electron chi connectivity index (χ4n) is 3.11. The number of benzene rings is 2. The fourth-order valence-corrected chi connectivity index (χ4v) is 4.67. The summed E-state index contributed by atoms with van der Waals surface area (Å²) >= 11 is 2.44. The molecule has 10 heteroatoms. The van der Waals surface area contributed by atoms with Crippen molar-refractivity contribution >= 4 is 57.3 Å². The average molecular weight is 454 g/mol. The predicted octanol–water partition coefficient (Wildman–Crippen LogP) is 3.26. The van der Waals surface area contributed by atoms with E-state index in [0.29, 0.717) is 16.0 Å². The molecule has 3 amide bonds. The molecule has 1 unspecified atom stereocenters. The van der Waals surface area contributed by atoms with Crippen LogP contribution in [0, 0.1) is 5.92 Å². The summed E-state index contributed by atoms with van der Waals surface area (Å²) < 4.78 is 0.576. The molecule has 0 radical (unpaired) electrons. The first-order valence-electron chi connectivity index (χ1n) is 9.56. The van der Waals surface area contributed by atoms with Crippen molar-refractivity contribution in [2.45, 2.75) is 10.8 Å². The molecule has 0 saturated carbocycles. The van der Waals surface area contributed by atoms with Gasteiger partial charge in [0.1, 0.15) is 0 Å². The second-order valence-corrected chi connectivity index (χ2v) is 9.01. The molecule has 0 bridgehead atoms. The number of nitrogens with one attached hydrogen (secondary N) is 2. The van der Waals surface area contributed by atoms with Gasteiger partial charge in [-0.25, -0.2) is 0 Å². The summed E-state index contributed by atoms with van der Waals surface area (Å²) in [6, 6.07) is 18.5. The third-order valence-electron chi connectivity index (χ3n) is 4.58. The van der Waals surface area contributed by atoms with Crippen LogP contribution in [0.25, 0.3) is 0 Å². The van der Waals surface area contributed by atoms with Gasteiger partial charge in [0.2, 0.25) is 22.9 Å². The Hall–Kier alpha value is -3.24. The molecule has 1 fully saturated rings. The van der Waals surface area contributed by atoms with Crippen LogP contribution in [0.4, 0.5) is 16.5 Å². The van der Waals surface area contributed by atoms with Gasteiger partial charge in [-0.05, 0) is 24.3 Å². The van der Waals surface area contributed by atoms with Crippen molar-refractivity contribution in [3.63, 3.8) is 0 Å². The Kier molecular flexibility index (Phi) is 6.58. The lowest BCUT2D eigenvalue weighted by atomic mass is 10.1. The van der Waals surface area contributed by atoms with Crippen molar-refractivity contribution in [1.82, 2.24) is 10.2 Å². The molecule has 1 saturated heterocycles. The van der Waals surface area contributed by atoms with Gasteiger partial charge in [0.05, 0.1) is 11.7 Å². The zero-order valence-electron chi connectivity index (χ0n) is 16.4. The number of para-hydroxylation sites is 2. The zero-order chi connectivity index (χ0) is 21.6. The molecule has 2 aromatic carbocycles. The second-order valence-electron chi connectivity index (χ2n) is 6.81. The highest BCUT2D eigenvalue weighted by Gasteiger charge is 2.35. The lowest BCUT2D eigenvalue weighted by Gasteiger charge is -2.16. The minimum Gasteiger partial charge on any atom is -0.325 e. The maximum atomic E-state index is 12.6. The van der Waals surface area contributed by atoms with Gasteiger partial charge >= 0.3 is 0 Å². The van der Waals surface area contributed by atoms with Gasteiger partial charge in [0.15, 0.2) is 4.34 Å². The topological polar surface area (TPSA) is 104 Å². The number of nitrogens with zero attached hydrogens (tertiary/aromatic N) is 3. The van der Waals surface area contributed by atoms with Gasteiger partial charge in [-0.3, -0.25) is 14.4 Å². The van der Waals surface area contributed by atoms with Crippen LogP contribution in [0.3, 0.4) is 0 Å². The van der Waals surface area contributed by atoms with Crippen molar-refractivity contribution in [3.05, 3.63) is 60.7 Å². The molecular weight excluding hydrogens is 434 g/mol. The molecule has 3 aromatic rings. The summed E-state index contributed by atoms with van der Waals surface area (Å²) in [6.07, 6.45) is 0.154. The van der Waals surface area contributed by atoms with Crippen LogP contribution < -0.4 is 15.5 Å². The van der Waals surface area contributed by atoms with Gasteiger partial charge < -0.3 is 15.5 Å². The number of thioether (sulfide) groups is 1. The first kappa shape index (κ1) is 21.0. The number of amides is 3. The molecule has 2 heterocycles. The Morgan fingerprint density at radius 2 is 1.74 bits per heavy atom.